The Labute approximate surface area is 125 Å². The van der Waals surface area contributed by atoms with Gasteiger partial charge in [0, 0.05) is 23.2 Å². The minimum Gasteiger partial charge on any atom is -0.342 e. The number of hydrogen-bond donors (Lipinski definition) is 0. The first kappa shape index (κ1) is 13.7. The van der Waals surface area contributed by atoms with E-state index in [1.807, 2.05) is 17.8 Å². The predicted octanol–water partition coefficient (Wildman–Crippen LogP) is 3.79. The molecule has 1 aromatic carbocycles. The third-order valence-corrected chi connectivity index (χ3v) is 5.45. The molecule has 2 heterocycles. The standard InChI is InChI=1S/C17H21NOS/c1-13-15(17(19)18-10-6-3-7-11-18)12-16(20-13)14-8-4-2-5-9-14/h2,4-5,8-9,12-13,15H,3,6-7,10-11H2,1H3. The summed E-state index contributed by atoms with van der Waals surface area (Å²) in [7, 11) is 0. The molecule has 2 nitrogen and oxygen atoms in total. The van der Waals surface area contributed by atoms with Gasteiger partial charge < -0.3 is 4.90 Å². The monoisotopic (exact) mass is 287 g/mol. The number of benzene rings is 1. The maximum atomic E-state index is 12.7. The van der Waals surface area contributed by atoms with E-state index in [2.05, 4.69) is 42.2 Å². The van der Waals surface area contributed by atoms with Crippen molar-refractivity contribution in [1.82, 2.24) is 4.90 Å². The fourth-order valence-corrected chi connectivity index (χ4v) is 4.21. The topological polar surface area (TPSA) is 20.3 Å². The lowest BCUT2D eigenvalue weighted by molar-refractivity contribution is -0.134. The Kier molecular flexibility index (Phi) is 4.16. The number of piperidine rings is 1. The van der Waals surface area contributed by atoms with E-state index in [-0.39, 0.29) is 5.92 Å². The maximum absolute atomic E-state index is 12.7. The predicted molar refractivity (Wildman–Crippen MR) is 85.4 cm³/mol. The van der Waals surface area contributed by atoms with Gasteiger partial charge in [-0.25, -0.2) is 0 Å². The van der Waals surface area contributed by atoms with Crippen molar-refractivity contribution in [2.75, 3.05) is 13.1 Å². The first-order valence-electron chi connectivity index (χ1n) is 7.48. The lowest BCUT2D eigenvalue weighted by Gasteiger charge is -2.29. The molecule has 0 N–H and O–H groups in total. The van der Waals surface area contributed by atoms with E-state index in [0.717, 1.165) is 25.9 Å². The summed E-state index contributed by atoms with van der Waals surface area (Å²) >= 11 is 1.83. The summed E-state index contributed by atoms with van der Waals surface area (Å²) in [5.41, 5.74) is 1.23. The van der Waals surface area contributed by atoms with Gasteiger partial charge >= 0.3 is 0 Å². The van der Waals surface area contributed by atoms with Crippen LogP contribution in [0.15, 0.2) is 36.4 Å². The zero-order chi connectivity index (χ0) is 13.9. The van der Waals surface area contributed by atoms with Crippen LogP contribution in [0, 0.1) is 5.92 Å². The number of rotatable bonds is 2. The van der Waals surface area contributed by atoms with Crippen molar-refractivity contribution in [2.45, 2.75) is 31.4 Å². The van der Waals surface area contributed by atoms with Gasteiger partial charge in [0.25, 0.3) is 0 Å². The van der Waals surface area contributed by atoms with Gasteiger partial charge in [-0.05, 0) is 24.8 Å². The first-order chi connectivity index (χ1) is 9.75. The normalized spacial score (nSPS) is 26.4. The molecule has 1 saturated heterocycles. The molecule has 3 heteroatoms. The average molecular weight is 287 g/mol. The van der Waals surface area contributed by atoms with Gasteiger partial charge in [0.05, 0.1) is 5.92 Å². The molecule has 3 rings (SSSR count). The first-order valence-corrected chi connectivity index (χ1v) is 8.36. The highest BCUT2D eigenvalue weighted by molar-refractivity contribution is 8.09. The van der Waals surface area contributed by atoms with E-state index in [0.29, 0.717) is 11.2 Å². The van der Waals surface area contributed by atoms with Gasteiger partial charge in [0.1, 0.15) is 0 Å². The Bertz CT molecular complexity index is 505. The second kappa shape index (κ2) is 6.04. The third-order valence-electron chi connectivity index (χ3n) is 4.16. The molecule has 1 amide bonds. The lowest BCUT2D eigenvalue weighted by Crippen LogP contribution is -2.40. The van der Waals surface area contributed by atoms with E-state index >= 15 is 0 Å². The highest BCUT2D eigenvalue weighted by Gasteiger charge is 2.34. The SMILES string of the molecule is CC1SC(c2ccccc2)=CC1C(=O)N1CCCCC1. The van der Waals surface area contributed by atoms with Crippen LogP contribution in [0.2, 0.25) is 0 Å². The van der Waals surface area contributed by atoms with Crippen LogP contribution >= 0.6 is 11.8 Å². The largest absolute Gasteiger partial charge is 0.342 e. The van der Waals surface area contributed by atoms with E-state index in [9.17, 15) is 4.79 Å². The van der Waals surface area contributed by atoms with Gasteiger partial charge in [-0.15, -0.1) is 11.8 Å². The summed E-state index contributed by atoms with van der Waals surface area (Å²) in [6.45, 7) is 4.06. The quantitative estimate of drug-likeness (QED) is 0.825. The lowest BCUT2D eigenvalue weighted by atomic mass is 10.0. The molecule has 1 fully saturated rings. The fraction of sp³-hybridized carbons (Fsp3) is 0.471. The molecule has 1 aromatic rings. The zero-order valence-corrected chi connectivity index (χ0v) is 12.7. The van der Waals surface area contributed by atoms with Crippen molar-refractivity contribution < 1.29 is 4.79 Å². The summed E-state index contributed by atoms with van der Waals surface area (Å²) in [5.74, 6) is 0.379. The van der Waals surface area contributed by atoms with E-state index in [1.54, 1.807) is 0 Å². The van der Waals surface area contributed by atoms with Crippen molar-refractivity contribution in [3.8, 4) is 0 Å². The van der Waals surface area contributed by atoms with E-state index in [4.69, 9.17) is 0 Å². The number of hydrogen-bond acceptors (Lipinski definition) is 2. The molecular formula is C17H21NOS. The number of carbonyl (C=O) groups excluding carboxylic acids is 1. The van der Waals surface area contributed by atoms with Crippen molar-refractivity contribution in [2.24, 2.45) is 5.92 Å². The van der Waals surface area contributed by atoms with Crippen LogP contribution in [-0.4, -0.2) is 29.1 Å². The van der Waals surface area contributed by atoms with Crippen LogP contribution < -0.4 is 0 Å². The van der Waals surface area contributed by atoms with Gasteiger partial charge in [0.15, 0.2) is 0 Å². The average Bonchev–Trinajstić information content (AvgIpc) is 2.90. The second-order valence-electron chi connectivity index (χ2n) is 5.63. The second-order valence-corrected chi connectivity index (χ2v) is 7.05. The van der Waals surface area contributed by atoms with Crippen molar-refractivity contribution in [3.63, 3.8) is 0 Å². The molecule has 0 spiro atoms. The maximum Gasteiger partial charge on any atom is 0.230 e. The van der Waals surface area contributed by atoms with Gasteiger partial charge in [-0.2, -0.15) is 0 Å². The van der Waals surface area contributed by atoms with Gasteiger partial charge in [-0.1, -0.05) is 43.3 Å². The number of nitrogens with zero attached hydrogens (tertiary/aromatic N) is 1. The Hall–Kier alpha value is -1.22. The number of thioether (sulfide) groups is 1. The van der Waals surface area contributed by atoms with Crippen molar-refractivity contribution in [3.05, 3.63) is 42.0 Å². The van der Waals surface area contributed by atoms with Crippen molar-refractivity contribution in [1.29, 1.82) is 0 Å². The summed E-state index contributed by atoms with van der Waals surface area (Å²) in [4.78, 5) is 16.0. The summed E-state index contributed by atoms with van der Waals surface area (Å²) in [6, 6.07) is 10.4. The highest BCUT2D eigenvalue weighted by Crippen LogP contribution is 2.43. The molecule has 20 heavy (non-hydrogen) atoms. The smallest absolute Gasteiger partial charge is 0.230 e. The molecule has 0 radical (unpaired) electrons. The van der Waals surface area contributed by atoms with E-state index < -0.39 is 0 Å². The third kappa shape index (κ3) is 2.78. The Morgan fingerprint density at radius 2 is 1.85 bits per heavy atom. The van der Waals surface area contributed by atoms with Crippen LogP contribution in [0.3, 0.4) is 0 Å². The Morgan fingerprint density at radius 1 is 1.15 bits per heavy atom. The van der Waals surface area contributed by atoms with Crippen molar-refractivity contribution >= 4 is 22.6 Å². The zero-order valence-electron chi connectivity index (χ0n) is 11.9. The Morgan fingerprint density at radius 3 is 2.55 bits per heavy atom. The summed E-state index contributed by atoms with van der Waals surface area (Å²) < 4.78 is 0. The number of amides is 1. The minimum absolute atomic E-state index is 0.0494. The van der Waals surface area contributed by atoms with Crippen LogP contribution in [0.25, 0.3) is 4.91 Å². The molecule has 0 bridgehead atoms. The van der Waals surface area contributed by atoms with Crippen LogP contribution in [-0.2, 0) is 4.79 Å². The number of likely N-dealkylation sites (tertiary alicyclic amines) is 1. The minimum atomic E-state index is 0.0494. The molecule has 2 unspecified atom stereocenters. The molecular weight excluding hydrogens is 266 g/mol. The molecule has 0 aromatic heterocycles. The summed E-state index contributed by atoms with van der Waals surface area (Å²) in [6.07, 6.45) is 5.77. The van der Waals surface area contributed by atoms with Gasteiger partial charge in [0.2, 0.25) is 5.91 Å². The highest BCUT2D eigenvalue weighted by atomic mass is 32.2. The molecule has 106 valence electrons. The summed E-state index contributed by atoms with van der Waals surface area (Å²) in [5, 5.41) is 0.347. The van der Waals surface area contributed by atoms with Gasteiger partial charge in [-0.3, -0.25) is 4.79 Å². The van der Waals surface area contributed by atoms with Crippen LogP contribution in [0.5, 0.6) is 0 Å². The molecule has 2 aliphatic rings. The molecule has 0 aliphatic carbocycles. The molecule has 0 saturated carbocycles. The molecule has 2 aliphatic heterocycles. The van der Waals surface area contributed by atoms with Crippen LogP contribution in [0.4, 0.5) is 0 Å². The van der Waals surface area contributed by atoms with Crippen LogP contribution in [0.1, 0.15) is 31.7 Å². The fourth-order valence-electron chi connectivity index (χ4n) is 2.98. The Balaban J connectivity index is 1.76. The van der Waals surface area contributed by atoms with E-state index in [1.165, 1.54) is 16.9 Å². The number of carbonyl (C=O) groups is 1. The molecule has 2 atom stereocenters.